The summed E-state index contributed by atoms with van der Waals surface area (Å²) in [6, 6.07) is 15.4. The number of anilines is 1. The smallest absolute Gasteiger partial charge is 0.305 e. The number of carbonyl (C=O) groups excluding carboxylic acids is 2. The number of methoxy groups -OCH3 is 1. The van der Waals surface area contributed by atoms with Gasteiger partial charge in [0.05, 0.1) is 29.7 Å². The molecule has 2 aliphatic carbocycles. The van der Waals surface area contributed by atoms with Gasteiger partial charge in [-0.1, -0.05) is 39.4 Å². The van der Waals surface area contributed by atoms with E-state index in [1.54, 1.807) is 43.1 Å². The molecule has 178 valence electrons. The standard InChI is InChI=1S/C26H21BrN2O4S2/c1-33-14-7-5-13(6-8-14)29-24(30)19-15-10-16(20(19)25(29)31)21-18(15)17(11-3-2-4-12(27)9-11)22-23(34-21)28-26(32)35-22/h2-9,15-21H,10H2,1H3,(H,28,32)/t15-,16-,17+,18+,19+,20+,21-/m1/s1. The highest BCUT2D eigenvalue weighted by atomic mass is 79.9. The average molecular weight is 570 g/mol. The van der Waals surface area contributed by atoms with Gasteiger partial charge in [-0.25, -0.2) is 0 Å². The van der Waals surface area contributed by atoms with Crippen molar-refractivity contribution in [3.63, 3.8) is 0 Å². The van der Waals surface area contributed by atoms with Crippen LogP contribution in [-0.4, -0.2) is 29.2 Å². The molecule has 0 unspecified atom stereocenters. The van der Waals surface area contributed by atoms with Crippen LogP contribution in [0.5, 0.6) is 5.75 Å². The van der Waals surface area contributed by atoms with Crippen LogP contribution in [0.25, 0.3) is 0 Å². The lowest BCUT2D eigenvalue weighted by molar-refractivity contribution is -0.123. The molecular formula is C26H21BrN2O4S2. The van der Waals surface area contributed by atoms with Crippen LogP contribution in [0, 0.1) is 29.6 Å². The summed E-state index contributed by atoms with van der Waals surface area (Å²) in [6.07, 6.45) is 0.884. The van der Waals surface area contributed by atoms with E-state index in [-0.39, 0.29) is 57.4 Å². The van der Waals surface area contributed by atoms with Crippen molar-refractivity contribution in [3.8, 4) is 5.75 Å². The first-order valence-corrected chi connectivity index (χ1v) is 14.1. The maximum Gasteiger partial charge on any atom is 0.305 e. The van der Waals surface area contributed by atoms with E-state index in [0.29, 0.717) is 11.4 Å². The predicted molar refractivity (Wildman–Crippen MR) is 138 cm³/mol. The first-order valence-electron chi connectivity index (χ1n) is 11.6. The number of thiazole rings is 1. The van der Waals surface area contributed by atoms with Gasteiger partial charge in [0.2, 0.25) is 11.8 Å². The van der Waals surface area contributed by atoms with Crippen LogP contribution in [0.4, 0.5) is 5.69 Å². The van der Waals surface area contributed by atoms with Gasteiger partial charge in [-0.3, -0.25) is 19.3 Å². The Labute approximate surface area is 218 Å². The van der Waals surface area contributed by atoms with Gasteiger partial charge in [0.15, 0.2) is 0 Å². The summed E-state index contributed by atoms with van der Waals surface area (Å²) < 4.78 is 6.24. The Morgan fingerprint density at radius 1 is 1.03 bits per heavy atom. The summed E-state index contributed by atoms with van der Waals surface area (Å²) in [7, 11) is 1.59. The summed E-state index contributed by atoms with van der Waals surface area (Å²) in [6.45, 7) is 0. The second kappa shape index (κ2) is 7.82. The zero-order chi connectivity index (χ0) is 24.0. The summed E-state index contributed by atoms with van der Waals surface area (Å²) in [5.74, 6) is 0.387. The van der Waals surface area contributed by atoms with E-state index in [0.717, 1.165) is 26.4 Å². The number of aromatic amines is 1. The number of carbonyl (C=O) groups is 2. The van der Waals surface area contributed by atoms with Crippen LogP contribution in [-0.2, 0) is 9.59 Å². The Morgan fingerprint density at radius 2 is 1.77 bits per heavy atom. The van der Waals surface area contributed by atoms with Gasteiger partial charge in [-0.05, 0) is 66.1 Å². The summed E-state index contributed by atoms with van der Waals surface area (Å²) >= 11 is 6.60. The normalized spacial score (nSPS) is 32.5. The minimum absolute atomic E-state index is 0.0339. The molecule has 7 rings (SSSR count). The minimum atomic E-state index is -0.302. The van der Waals surface area contributed by atoms with Crippen molar-refractivity contribution in [2.24, 2.45) is 29.6 Å². The summed E-state index contributed by atoms with van der Waals surface area (Å²) in [5, 5.41) is 1.12. The van der Waals surface area contributed by atoms with Crippen molar-refractivity contribution in [1.82, 2.24) is 4.98 Å². The fraction of sp³-hybridized carbons (Fsp3) is 0.346. The zero-order valence-corrected chi connectivity index (χ0v) is 21.9. The molecule has 0 spiro atoms. The first kappa shape index (κ1) is 21.9. The number of thioether (sulfide) groups is 1. The Hall–Kier alpha value is -2.36. The molecule has 3 aromatic rings. The highest BCUT2D eigenvalue weighted by Crippen LogP contribution is 2.68. The number of hydrogen-bond donors (Lipinski definition) is 1. The van der Waals surface area contributed by atoms with Crippen molar-refractivity contribution in [2.45, 2.75) is 22.6 Å². The number of fused-ring (bicyclic) bond motifs is 9. The van der Waals surface area contributed by atoms with Gasteiger partial charge in [0.25, 0.3) is 0 Å². The summed E-state index contributed by atoms with van der Waals surface area (Å²) in [4.78, 5) is 45.3. The number of benzene rings is 2. The van der Waals surface area contributed by atoms with E-state index in [9.17, 15) is 14.4 Å². The molecule has 3 fully saturated rings. The maximum absolute atomic E-state index is 13.8. The van der Waals surface area contributed by atoms with Gasteiger partial charge in [-0.15, -0.1) is 11.8 Å². The predicted octanol–water partition coefficient (Wildman–Crippen LogP) is 4.89. The molecule has 2 saturated carbocycles. The van der Waals surface area contributed by atoms with E-state index < -0.39 is 0 Å². The summed E-state index contributed by atoms with van der Waals surface area (Å²) in [5.41, 5.74) is 1.76. The molecule has 35 heavy (non-hydrogen) atoms. The van der Waals surface area contributed by atoms with Crippen LogP contribution in [0.15, 0.2) is 62.8 Å². The second-order valence-corrected chi connectivity index (χ2v) is 12.8. The molecule has 4 aliphatic rings. The Balaban J connectivity index is 1.31. The molecule has 1 N–H and O–H groups in total. The van der Waals surface area contributed by atoms with Crippen LogP contribution >= 0.6 is 39.0 Å². The topological polar surface area (TPSA) is 79.5 Å². The third-order valence-electron chi connectivity index (χ3n) is 8.26. The van der Waals surface area contributed by atoms with Crippen molar-refractivity contribution < 1.29 is 14.3 Å². The molecule has 2 aromatic carbocycles. The highest BCUT2D eigenvalue weighted by molar-refractivity contribution is 9.10. The van der Waals surface area contributed by atoms with Crippen LogP contribution in [0.3, 0.4) is 0 Å². The Bertz CT molecular complexity index is 1430. The lowest BCUT2D eigenvalue weighted by atomic mass is 9.68. The number of H-pyrrole nitrogens is 1. The maximum atomic E-state index is 13.8. The lowest BCUT2D eigenvalue weighted by Crippen LogP contribution is -2.42. The lowest BCUT2D eigenvalue weighted by Gasteiger charge is -2.43. The molecule has 6 nitrogen and oxygen atoms in total. The molecule has 0 radical (unpaired) electrons. The Kier molecular flexibility index (Phi) is 4.89. The Morgan fingerprint density at radius 3 is 2.49 bits per heavy atom. The molecule has 1 saturated heterocycles. The number of nitrogens with zero attached hydrogens (tertiary/aromatic N) is 1. The van der Waals surface area contributed by atoms with E-state index >= 15 is 0 Å². The highest BCUT2D eigenvalue weighted by Gasteiger charge is 2.69. The number of aromatic nitrogens is 1. The number of imide groups is 1. The average Bonchev–Trinajstić information content (AvgIpc) is 3.58. The molecule has 2 amide bonds. The van der Waals surface area contributed by atoms with Crippen molar-refractivity contribution in [1.29, 1.82) is 0 Å². The fourth-order valence-corrected chi connectivity index (χ4v) is 10.4. The molecule has 2 bridgehead atoms. The largest absolute Gasteiger partial charge is 0.497 e. The quantitative estimate of drug-likeness (QED) is 0.455. The van der Waals surface area contributed by atoms with Crippen LogP contribution in [0.1, 0.15) is 22.8 Å². The monoisotopic (exact) mass is 568 g/mol. The van der Waals surface area contributed by atoms with Gasteiger partial charge < -0.3 is 9.72 Å². The molecule has 7 atom stereocenters. The number of rotatable bonds is 3. The van der Waals surface area contributed by atoms with E-state index in [2.05, 4.69) is 33.0 Å². The molecule has 2 aliphatic heterocycles. The van der Waals surface area contributed by atoms with Crippen molar-refractivity contribution >= 4 is 56.5 Å². The van der Waals surface area contributed by atoms with Crippen LogP contribution < -0.4 is 14.5 Å². The van der Waals surface area contributed by atoms with Gasteiger partial charge in [0, 0.05) is 20.5 Å². The first-order chi connectivity index (χ1) is 17.0. The third kappa shape index (κ3) is 3.04. The van der Waals surface area contributed by atoms with E-state index in [1.807, 2.05) is 12.1 Å². The molecule has 9 heteroatoms. The van der Waals surface area contributed by atoms with Crippen molar-refractivity contribution in [3.05, 3.63) is 73.1 Å². The zero-order valence-electron chi connectivity index (χ0n) is 18.6. The SMILES string of the molecule is COc1ccc(N2C(=O)[C@H]3[C@H]4C[C@@H]([C@@H]3C2=O)[C@H]2[C@H](c3cccc(Br)c3)c3sc(=O)[nH]c3S[C@H]42)cc1. The number of halogens is 1. The van der Waals surface area contributed by atoms with Gasteiger partial charge >= 0.3 is 4.87 Å². The molecule has 3 heterocycles. The molecule has 1 aromatic heterocycles. The van der Waals surface area contributed by atoms with Crippen LogP contribution in [0.2, 0.25) is 0 Å². The number of nitrogens with one attached hydrogen (secondary N) is 1. The number of ether oxygens (including phenoxy) is 1. The van der Waals surface area contributed by atoms with Gasteiger partial charge in [0.1, 0.15) is 5.75 Å². The number of amides is 2. The van der Waals surface area contributed by atoms with Crippen molar-refractivity contribution in [2.75, 3.05) is 12.0 Å². The van der Waals surface area contributed by atoms with E-state index in [1.165, 1.54) is 16.2 Å². The van der Waals surface area contributed by atoms with E-state index in [4.69, 9.17) is 4.74 Å². The third-order valence-corrected chi connectivity index (χ3v) is 11.3. The molecular weight excluding hydrogens is 548 g/mol. The fourth-order valence-electron chi connectivity index (χ4n) is 7.08. The number of hydrogen-bond acceptors (Lipinski definition) is 6. The second-order valence-electron chi connectivity index (χ2n) is 9.73. The minimum Gasteiger partial charge on any atom is -0.497 e. The van der Waals surface area contributed by atoms with Gasteiger partial charge in [-0.2, -0.15) is 0 Å².